The third kappa shape index (κ3) is 3.01. The fraction of sp³-hybridized carbons (Fsp3) is 0.500. The first-order valence-corrected chi connectivity index (χ1v) is 7.54. The van der Waals surface area contributed by atoms with Gasteiger partial charge in [0.2, 0.25) is 10.0 Å². The molecule has 6 heteroatoms. The topological polar surface area (TPSA) is 81.4 Å². The molecule has 0 saturated carbocycles. The smallest absolute Gasteiger partial charge is 0.214 e. The van der Waals surface area contributed by atoms with Gasteiger partial charge in [-0.3, -0.25) is 0 Å². The van der Waals surface area contributed by atoms with Crippen LogP contribution in [-0.4, -0.2) is 27.9 Å². The Balaban J connectivity index is 2.10. The number of hydrogen-bond acceptors (Lipinski definition) is 4. The summed E-state index contributed by atoms with van der Waals surface area (Å²) in [6.45, 7) is 0.205. The van der Waals surface area contributed by atoms with Crippen LogP contribution in [0.15, 0.2) is 18.2 Å². The van der Waals surface area contributed by atoms with Gasteiger partial charge in [-0.05, 0) is 36.1 Å². The summed E-state index contributed by atoms with van der Waals surface area (Å²) in [5, 5.41) is 0. The number of sulfonamides is 1. The van der Waals surface area contributed by atoms with E-state index in [1.807, 2.05) is 12.1 Å². The Morgan fingerprint density at radius 1 is 1.50 bits per heavy atom. The van der Waals surface area contributed by atoms with Crippen LogP contribution in [0.2, 0.25) is 0 Å². The van der Waals surface area contributed by atoms with Crippen LogP contribution in [0.1, 0.15) is 23.6 Å². The van der Waals surface area contributed by atoms with E-state index in [1.165, 1.54) is 7.11 Å². The predicted molar refractivity (Wildman–Crippen MR) is 70.7 cm³/mol. The molecule has 3 N–H and O–H groups in total. The number of anilines is 1. The van der Waals surface area contributed by atoms with Crippen molar-refractivity contribution in [2.75, 3.05) is 25.2 Å². The van der Waals surface area contributed by atoms with Crippen molar-refractivity contribution < 1.29 is 13.2 Å². The molecular weight excluding hydrogens is 252 g/mol. The minimum atomic E-state index is -3.29. The second-order valence-corrected chi connectivity index (χ2v) is 6.35. The number of rotatable bonds is 5. The molecular formula is C12H18N2O3S. The highest BCUT2D eigenvalue weighted by Crippen LogP contribution is 2.32. The Morgan fingerprint density at radius 2 is 2.28 bits per heavy atom. The molecule has 0 aliphatic heterocycles. The first kappa shape index (κ1) is 13.3. The standard InChI is InChI=1S/C12H18N2O3S/c1-17-6-7-18(15,16)14-12-5-2-9-8-10(13)3-4-11(9)12/h3-4,8,12,14H,2,5-7,13H2,1H3. The van der Waals surface area contributed by atoms with E-state index < -0.39 is 10.0 Å². The van der Waals surface area contributed by atoms with E-state index in [1.54, 1.807) is 6.07 Å². The maximum absolute atomic E-state index is 11.8. The minimum Gasteiger partial charge on any atom is -0.399 e. The van der Waals surface area contributed by atoms with Gasteiger partial charge in [-0.2, -0.15) is 0 Å². The van der Waals surface area contributed by atoms with Gasteiger partial charge < -0.3 is 10.5 Å². The number of nitrogens with two attached hydrogens (primary N) is 1. The van der Waals surface area contributed by atoms with Crippen LogP contribution >= 0.6 is 0 Å². The molecule has 1 unspecified atom stereocenters. The van der Waals surface area contributed by atoms with Crippen molar-refractivity contribution in [3.63, 3.8) is 0 Å². The van der Waals surface area contributed by atoms with Gasteiger partial charge in [0.1, 0.15) is 0 Å². The van der Waals surface area contributed by atoms with Crippen molar-refractivity contribution in [2.24, 2.45) is 0 Å². The Hall–Kier alpha value is -1.11. The molecule has 18 heavy (non-hydrogen) atoms. The van der Waals surface area contributed by atoms with Gasteiger partial charge in [-0.1, -0.05) is 6.07 Å². The summed E-state index contributed by atoms with van der Waals surface area (Å²) in [6, 6.07) is 5.49. The molecule has 100 valence electrons. The van der Waals surface area contributed by atoms with Gasteiger partial charge in [-0.15, -0.1) is 0 Å². The van der Waals surface area contributed by atoms with Crippen LogP contribution in [-0.2, 0) is 21.2 Å². The highest BCUT2D eigenvalue weighted by Gasteiger charge is 2.26. The quantitative estimate of drug-likeness (QED) is 0.776. The molecule has 0 aromatic heterocycles. The molecule has 0 fully saturated rings. The zero-order chi connectivity index (χ0) is 13.2. The van der Waals surface area contributed by atoms with Gasteiger partial charge >= 0.3 is 0 Å². The largest absolute Gasteiger partial charge is 0.399 e. The fourth-order valence-electron chi connectivity index (χ4n) is 2.23. The summed E-state index contributed by atoms with van der Waals surface area (Å²) >= 11 is 0. The molecule has 2 rings (SSSR count). The Labute approximate surface area is 107 Å². The van der Waals surface area contributed by atoms with Gasteiger partial charge in [0.05, 0.1) is 12.4 Å². The molecule has 1 atom stereocenters. The van der Waals surface area contributed by atoms with Crippen LogP contribution in [0, 0.1) is 0 Å². The molecule has 1 aromatic carbocycles. The monoisotopic (exact) mass is 270 g/mol. The lowest BCUT2D eigenvalue weighted by Gasteiger charge is -2.14. The van der Waals surface area contributed by atoms with Crippen molar-refractivity contribution in [3.05, 3.63) is 29.3 Å². The lowest BCUT2D eigenvalue weighted by molar-refractivity contribution is 0.216. The highest BCUT2D eigenvalue weighted by atomic mass is 32.2. The van der Waals surface area contributed by atoms with Crippen molar-refractivity contribution in [2.45, 2.75) is 18.9 Å². The van der Waals surface area contributed by atoms with Crippen LogP contribution in [0.4, 0.5) is 5.69 Å². The van der Waals surface area contributed by atoms with Gasteiger partial charge in [0.25, 0.3) is 0 Å². The van der Waals surface area contributed by atoms with Crippen molar-refractivity contribution >= 4 is 15.7 Å². The molecule has 0 spiro atoms. The summed E-state index contributed by atoms with van der Waals surface area (Å²) < 4.78 is 31.1. The summed E-state index contributed by atoms with van der Waals surface area (Å²) in [7, 11) is -1.80. The van der Waals surface area contributed by atoms with Crippen molar-refractivity contribution in [1.29, 1.82) is 0 Å². The molecule has 5 nitrogen and oxygen atoms in total. The van der Waals surface area contributed by atoms with Gasteiger partial charge in [0, 0.05) is 18.8 Å². The third-order valence-electron chi connectivity index (χ3n) is 3.12. The second-order valence-electron chi connectivity index (χ2n) is 4.48. The number of ether oxygens (including phenoxy) is 1. The molecule has 0 bridgehead atoms. The Bertz CT molecular complexity index is 528. The lowest BCUT2D eigenvalue weighted by atomic mass is 10.1. The number of fused-ring (bicyclic) bond motifs is 1. The number of nitrogen functional groups attached to an aromatic ring is 1. The predicted octanol–water partition coefficient (Wildman–Crippen LogP) is 0.822. The average molecular weight is 270 g/mol. The highest BCUT2D eigenvalue weighted by molar-refractivity contribution is 7.89. The van der Waals surface area contributed by atoms with E-state index in [9.17, 15) is 8.42 Å². The van der Waals surface area contributed by atoms with Crippen LogP contribution in [0.3, 0.4) is 0 Å². The van der Waals surface area contributed by atoms with Crippen molar-refractivity contribution in [3.8, 4) is 0 Å². The third-order valence-corrected chi connectivity index (χ3v) is 4.47. The zero-order valence-electron chi connectivity index (χ0n) is 10.3. The zero-order valence-corrected chi connectivity index (χ0v) is 11.2. The average Bonchev–Trinajstić information content (AvgIpc) is 2.68. The molecule has 0 amide bonds. The van der Waals surface area contributed by atoms with E-state index in [-0.39, 0.29) is 18.4 Å². The maximum atomic E-state index is 11.8. The summed E-state index contributed by atoms with van der Waals surface area (Å²) in [6.07, 6.45) is 1.64. The van der Waals surface area contributed by atoms with Crippen molar-refractivity contribution in [1.82, 2.24) is 4.72 Å². The van der Waals surface area contributed by atoms with E-state index >= 15 is 0 Å². The van der Waals surface area contributed by atoms with Crippen LogP contribution in [0.5, 0.6) is 0 Å². The van der Waals surface area contributed by atoms with E-state index in [4.69, 9.17) is 10.5 Å². The maximum Gasteiger partial charge on any atom is 0.214 e. The molecule has 1 aliphatic carbocycles. The molecule has 0 heterocycles. The van der Waals surface area contributed by atoms with E-state index in [0.717, 1.165) is 29.7 Å². The summed E-state index contributed by atoms with van der Waals surface area (Å²) in [5.41, 5.74) is 8.60. The van der Waals surface area contributed by atoms with Gasteiger partial charge in [-0.25, -0.2) is 13.1 Å². The lowest BCUT2D eigenvalue weighted by Crippen LogP contribution is -2.31. The number of methoxy groups -OCH3 is 1. The number of nitrogens with one attached hydrogen (secondary N) is 1. The van der Waals surface area contributed by atoms with Gasteiger partial charge in [0.15, 0.2) is 0 Å². The molecule has 0 saturated heterocycles. The molecule has 1 aliphatic rings. The van der Waals surface area contributed by atoms with E-state index in [2.05, 4.69) is 4.72 Å². The Kier molecular flexibility index (Phi) is 3.89. The van der Waals surface area contributed by atoms with Crippen LogP contribution in [0.25, 0.3) is 0 Å². The number of aryl methyl sites for hydroxylation is 1. The van der Waals surface area contributed by atoms with E-state index in [0.29, 0.717) is 0 Å². The minimum absolute atomic E-state index is 0.00962. The molecule has 1 aromatic rings. The number of hydrogen-bond donors (Lipinski definition) is 2. The normalized spacial score (nSPS) is 18.8. The first-order chi connectivity index (χ1) is 8.52. The molecule has 0 radical (unpaired) electrons. The summed E-state index contributed by atoms with van der Waals surface area (Å²) in [5.74, 6) is -0.00962. The summed E-state index contributed by atoms with van der Waals surface area (Å²) in [4.78, 5) is 0. The SMILES string of the molecule is COCCS(=O)(=O)NC1CCc2cc(N)ccc21. The number of benzene rings is 1. The first-order valence-electron chi connectivity index (χ1n) is 5.89. The Morgan fingerprint density at radius 3 is 3.00 bits per heavy atom. The second kappa shape index (κ2) is 5.26. The fourth-order valence-corrected chi connectivity index (χ4v) is 3.41. The van der Waals surface area contributed by atoms with Crippen LogP contribution < -0.4 is 10.5 Å².